The number of carbonyl (C=O) groups excluding carboxylic acids is 1. The van der Waals surface area contributed by atoms with Crippen molar-refractivity contribution in [3.63, 3.8) is 0 Å². The van der Waals surface area contributed by atoms with Gasteiger partial charge in [-0.1, -0.05) is 18.2 Å². The molecule has 0 radical (unpaired) electrons. The first-order valence-electron chi connectivity index (χ1n) is 8.26. The quantitative estimate of drug-likeness (QED) is 0.926. The number of aromatic nitrogens is 1. The van der Waals surface area contributed by atoms with Gasteiger partial charge in [-0.15, -0.1) is 0 Å². The smallest absolute Gasteiger partial charge is 0.242 e. The van der Waals surface area contributed by atoms with Crippen molar-refractivity contribution in [2.75, 3.05) is 20.1 Å². The monoisotopic (exact) mass is 297 g/mol. The summed E-state index contributed by atoms with van der Waals surface area (Å²) in [5.74, 6) is 0.329. The molecule has 3 heterocycles. The van der Waals surface area contributed by atoms with Crippen molar-refractivity contribution in [3.8, 4) is 0 Å². The summed E-state index contributed by atoms with van der Waals surface area (Å²) in [6.07, 6.45) is 6.26. The number of hydrogen-bond acceptors (Lipinski definition) is 2. The number of likely N-dealkylation sites (N-methyl/N-ethyl adjacent to an activating group) is 1. The molecule has 116 valence electrons. The summed E-state index contributed by atoms with van der Waals surface area (Å²) in [4.78, 5) is 20.6. The Morgan fingerprint density at radius 1 is 1.18 bits per heavy atom. The molecule has 0 aliphatic carbocycles. The van der Waals surface area contributed by atoms with E-state index in [0.29, 0.717) is 5.91 Å². The Morgan fingerprint density at radius 3 is 2.86 bits per heavy atom. The van der Waals surface area contributed by atoms with Gasteiger partial charge in [-0.2, -0.15) is 0 Å². The average molecular weight is 297 g/mol. The number of benzene rings is 1. The fraction of sp³-hybridized carbons (Fsp3) is 0.500. The van der Waals surface area contributed by atoms with Crippen LogP contribution in [0.25, 0.3) is 10.9 Å². The number of aromatic amines is 1. The number of likely N-dealkylation sites (tertiary alicyclic amines) is 2. The summed E-state index contributed by atoms with van der Waals surface area (Å²) in [7, 11) is 1.95. The van der Waals surface area contributed by atoms with Gasteiger partial charge in [0, 0.05) is 31.9 Å². The van der Waals surface area contributed by atoms with Crippen LogP contribution in [0.1, 0.15) is 31.2 Å². The van der Waals surface area contributed by atoms with Crippen molar-refractivity contribution in [1.29, 1.82) is 0 Å². The molecular weight excluding hydrogens is 274 g/mol. The Hall–Kier alpha value is -1.81. The topological polar surface area (TPSA) is 39.3 Å². The fourth-order valence-electron chi connectivity index (χ4n) is 4.35. The van der Waals surface area contributed by atoms with Gasteiger partial charge in [0.25, 0.3) is 0 Å². The number of fused-ring (bicyclic) bond motifs is 1. The number of H-pyrrole nitrogens is 1. The molecule has 4 heteroatoms. The highest BCUT2D eigenvalue weighted by atomic mass is 16.2. The fourth-order valence-corrected chi connectivity index (χ4v) is 4.35. The third kappa shape index (κ3) is 1.97. The minimum atomic E-state index is -0.248. The van der Waals surface area contributed by atoms with Crippen molar-refractivity contribution in [1.82, 2.24) is 14.8 Å². The molecule has 0 bridgehead atoms. The summed E-state index contributed by atoms with van der Waals surface area (Å²) < 4.78 is 0. The van der Waals surface area contributed by atoms with Gasteiger partial charge in [-0.05, 0) is 49.2 Å². The van der Waals surface area contributed by atoms with Crippen molar-refractivity contribution < 1.29 is 4.79 Å². The normalized spacial score (nSPS) is 26.4. The van der Waals surface area contributed by atoms with Gasteiger partial charge >= 0.3 is 0 Å². The number of amides is 1. The van der Waals surface area contributed by atoms with E-state index in [-0.39, 0.29) is 5.54 Å². The first-order chi connectivity index (χ1) is 10.7. The lowest BCUT2D eigenvalue weighted by Crippen LogP contribution is -2.58. The Bertz CT molecular complexity index is 707. The second kappa shape index (κ2) is 5.13. The van der Waals surface area contributed by atoms with Crippen LogP contribution in [-0.4, -0.2) is 46.4 Å². The number of nitrogens with one attached hydrogen (secondary N) is 1. The van der Waals surface area contributed by atoms with Crippen LogP contribution in [0.15, 0.2) is 30.5 Å². The molecule has 1 unspecified atom stereocenters. The van der Waals surface area contributed by atoms with E-state index in [4.69, 9.17) is 0 Å². The maximum Gasteiger partial charge on any atom is 0.242 e. The van der Waals surface area contributed by atoms with E-state index >= 15 is 0 Å². The van der Waals surface area contributed by atoms with Gasteiger partial charge in [0.1, 0.15) is 5.54 Å². The zero-order valence-corrected chi connectivity index (χ0v) is 13.1. The van der Waals surface area contributed by atoms with Gasteiger partial charge in [0.2, 0.25) is 5.91 Å². The van der Waals surface area contributed by atoms with E-state index in [2.05, 4.69) is 34.1 Å². The third-order valence-corrected chi connectivity index (χ3v) is 5.49. The lowest BCUT2D eigenvalue weighted by atomic mass is 9.85. The van der Waals surface area contributed by atoms with Crippen LogP contribution in [-0.2, 0) is 11.3 Å². The highest BCUT2D eigenvalue weighted by Crippen LogP contribution is 2.39. The molecule has 2 aliphatic heterocycles. The molecule has 0 saturated carbocycles. The number of rotatable bonds is 2. The van der Waals surface area contributed by atoms with Crippen LogP contribution in [0.5, 0.6) is 0 Å². The Labute approximate surface area is 131 Å². The first kappa shape index (κ1) is 13.8. The Kier molecular flexibility index (Phi) is 3.22. The molecule has 4 rings (SSSR count). The summed E-state index contributed by atoms with van der Waals surface area (Å²) in [6.45, 7) is 2.79. The van der Waals surface area contributed by atoms with Crippen LogP contribution in [0.2, 0.25) is 0 Å². The number of nitrogens with zero attached hydrogens (tertiary/aromatic N) is 2. The average Bonchev–Trinajstić information content (AvgIpc) is 3.13. The minimum absolute atomic E-state index is 0.248. The summed E-state index contributed by atoms with van der Waals surface area (Å²) in [6, 6.07) is 8.54. The molecule has 1 aromatic carbocycles. The van der Waals surface area contributed by atoms with E-state index in [1.165, 1.54) is 16.5 Å². The second-order valence-electron chi connectivity index (χ2n) is 6.75. The van der Waals surface area contributed by atoms with Crippen molar-refractivity contribution in [2.24, 2.45) is 0 Å². The van der Waals surface area contributed by atoms with Crippen LogP contribution in [0, 0.1) is 0 Å². The van der Waals surface area contributed by atoms with Gasteiger partial charge in [0.15, 0.2) is 0 Å². The molecule has 2 saturated heterocycles. The molecule has 22 heavy (non-hydrogen) atoms. The third-order valence-electron chi connectivity index (χ3n) is 5.49. The van der Waals surface area contributed by atoms with Crippen molar-refractivity contribution >= 4 is 16.8 Å². The largest absolute Gasteiger partial charge is 0.361 e. The van der Waals surface area contributed by atoms with Crippen LogP contribution in [0.3, 0.4) is 0 Å². The minimum Gasteiger partial charge on any atom is -0.361 e. The molecular formula is C18H23N3O. The zero-order chi connectivity index (χ0) is 15.2. The van der Waals surface area contributed by atoms with Crippen molar-refractivity contribution in [3.05, 3.63) is 36.0 Å². The molecule has 2 aromatic rings. The lowest BCUT2D eigenvalue weighted by Gasteiger charge is -2.43. The molecule has 1 amide bonds. The second-order valence-corrected chi connectivity index (χ2v) is 6.75. The molecule has 2 fully saturated rings. The summed E-state index contributed by atoms with van der Waals surface area (Å²) >= 11 is 0. The van der Waals surface area contributed by atoms with Crippen LogP contribution in [0.4, 0.5) is 0 Å². The lowest BCUT2D eigenvalue weighted by molar-refractivity contribution is -0.146. The predicted octanol–water partition coefficient (Wildman–Crippen LogP) is 2.75. The van der Waals surface area contributed by atoms with E-state index in [9.17, 15) is 4.79 Å². The summed E-state index contributed by atoms with van der Waals surface area (Å²) in [5.41, 5.74) is 2.26. The molecule has 1 atom stereocenters. The molecule has 1 spiro atoms. The highest BCUT2D eigenvalue weighted by Gasteiger charge is 2.49. The van der Waals surface area contributed by atoms with E-state index < -0.39 is 0 Å². The van der Waals surface area contributed by atoms with Gasteiger partial charge in [-0.3, -0.25) is 9.69 Å². The van der Waals surface area contributed by atoms with Gasteiger partial charge in [-0.25, -0.2) is 0 Å². The number of carbonyl (C=O) groups is 1. The van der Waals surface area contributed by atoms with E-state index in [0.717, 1.165) is 45.3 Å². The first-order valence-corrected chi connectivity index (χ1v) is 8.26. The number of hydrogen-bond donors (Lipinski definition) is 1. The van der Waals surface area contributed by atoms with Crippen LogP contribution < -0.4 is 0 Å². The van der Waals surface area contributed by atoms with Crippen molar-refractivity contribution in [2.45, 2.75) is 37.8 Å². The molecule has 4 nitrogen and oxygen atoms in total. The summed E-state index contributed by atoms with van der Waals surface area (Å²) in [5, 5.41) is 1.25. The maximum atomic E-state index is 12.8. The highest BCUT2D eigenvalue weighted by molar-refractivity contribution is 5.87. The molecule has 1 N–H and O–H groups in total. The zero-order valence-electron chi connectivity index (χ0n) is 13.1. The predicted molar refractivity (Wildman–Crippen MR) is 87.5 cm³/mol. The van der Waals surface area contributed by atoms with E-state index in [1.807, 2.05) is 18.1 Å². The van der Waals surface area contributed by atoms with E-state index in [1.54, 1.807) is 0 Å². The number of para-hydroxylation sites is 1. The van der Waals surface area contributed by atoms with Gasteiger partial charge in [0.05, 0.1) is 0 Å². The number of piperidine rings is 1. The Morgan fingerprint density at radius 2 is 2.00 bits per heavy atom. The SMILES string of the molecule is CN1CCCC2(CCCN2Cc2cccc3cc[nH]c23)C1=O. The Balaban J connectivity index is 1.67. The molecule has 2 aliphatic rings. The standard InChI is InChI=1S/C18H23N3O/c1-20-11-3-8-18(17(20)22)9-4-12-21(18)13-15-6-2-5-14-7-10-19-16(14)15/h2,5-7,10,19H,3-4,8-9,11-13H2,1H3. The molecule has 1 aromatic heterocycles. The van der Waals surface area contributed by atoms with Gasteiger partial charge < -0.3 is 9.88 Å². The van der Waals surface area contributed by atoms with Crippen LogP contribution >= 0.6 is 0 Å². The maximum absolute atomic E-state index is 12.8.